The number of para-hydroxylation sites is 2. The molecule has 2 atom stereocenters. The Labute approximate surface area is 167 Å². The Balaban J connectivity index is 1.56. The van der Waals surface area contributed by atoms with Crippen LogP contribution in [0.3, 0.4) is 0 Å². The molecule has 28 heavy (non-hydrogen) atoms. The van der Waals surface area contributed by atoms with Crippen LogP contribution in [-0.2, 0) is 13.1 Å². The number of hydrogen-bond acceptors (Lipinski definition) is 5. The van der Waals surface area contributed by atoms with E-state index < -0.39 is 6.10 Å². The summed E-state index contributed by atoms with van der Waals surface area (Å²) in [6, 6.07) is 17.0. The van der Waals surface area contributed by atoms with Gasteiger partial charge in [0, 0.05) is 36.3 Å². The Bertz CT molecular complexity index is 704. The third kappa shape index (κ3) is 4.85. The van der Waals surface area contributed by atoms with Crippen molar-refractivity contribution in [2.75, 3.05) is 13.2 Å². The molecule has 0 bridgehead atoms. The topological polar surface area (TPSA) is 62.8 Å². The fourth-order valence-electron chi connectivity index (χ4n) is 4.10. The van der Waals surface area contributed by atoms with Crippen LogP contribution in [0.5, 0.6) is 11.5 Å². The van der Waals surface area contributed by atoms with E-state index in [2.05, 4.69) is 22.8 Å². The number of nitrogens with one attached hydrogen (secondary N) is 2. The van der Waals surface area contributed by atoms with Gasteiger partial charge in [-0.15, -0.1) is 0 Å². The summed E-state index contributed by atoms with van der Waals surface area (Å²) < 4.78 is 11.8. The average molecular weight is 383 g/mol. The highest BCUT2D eigenvalue weighted by Gasteiger charge is 2.25. The number of ether oxygens (including phenoxy) is 2. The predicted octanol–water partition coefficient (Wildman–Crippen LogP) is 3.01. The van der Waals surface area contributed by atoms with Gasteiger partial charge in [-0.3, -0.25) is 0 Å². The molecule has 0 saturated heterocycles. The molecule has 0 spiro atoms. The number of hydrogen-bond donors (Lipinski definition) is 3. The molecule has 2 aromatic carbocycles. The highest BCUT2D eigenvalue weighted by molar-refractivity contribution is 5.34. The Morgan fingerprint density at radius 1 is 0.714 bits per heavy atom. The van der Waals surface area contributed by atoms with E-state index >= 15 is 0 Å². The van der Waals surface area contributed by atoms with Crippen molar-refractivity contribution >= 4 is 0 Å². The van der Waals surface area contributed by atoms with Gasteiger partial charge in [0.1, 0.15) is 30.8 Å². The van der Waals surface area contributed by atoms with Gasteiger partial charge in [0.2, 0.25) is 0 Å². The molecule has 0 unspecified atom stereocenters. The Kier molecular flexibility index (Phi) is 6.47. The number of aliphatic hydroxyl groups is 1. The molecular weight excluding hydrogens is 352 g/mol. The second-order valence-electron chi connectivity index (χ2n) is 7.75. The summed E-state index contributed by atoms with van der Waals surface area (Å²) >= 11 is 0. The Morgan fingerprint density at radius 2 is 1.18 bits per heavy atom. The molecule has 1 saturated carbocycles. The molecule has 4 rings (SSSR count). The van der Waals surface area contributed by atoms with Crippen LogP contribution in [0.15, 0.2) is 48.5 Å². The zero-order valence-electron chi connectivity index (χ0n) is 16.3. The van der Waals surface area contributed by atoms with E-state index in [-0.39, 0.29) is 13.2 Å². The van der Waals surface area contributed by atoms with Crippen molar-refractivity contribution < 1.29 is 14.6 Å². The molecule has 1 aliphatic heterocycles. The van der Waals surface area contributed by atoms with Gasteiger partial charge < -0.3 is 25.2 Å². The SMILES string of the molecule is OC1COc2ccccc2CN[C@@H]2CCCC[C@H]2NCc2ccccc2OC1. The summed E-state index contributed by atoms with van der Waals surface area (Å²) in [5.74, 6) is 1.65. The van der Waals surface area contributed by atoms with Crippen LogP contribution in [-0.4, -0.2) is 36.5 Å². The van der Waals surface area contributed by atoms with Gasteiger partial charge in [-0.1, -0.05) is 49.2 Å². The fourth-order valence-corrected chi connectivity index (χ4v) is 4.10. The van der Waals surface area contributed by atoms with E-state index in [4.69, 9.17) is 9.47 Å². The molecule has 0 radical (unpaired) electrons. The van der Waals surface area contributed by atoms with Crippen LogP contribution < -0.4 is 20.1 Å². The average Bonchev–Trinajstić information content (AvgIpc) is 2.75. The van der Waals surface area contributed by atoms with E-state index in [9.17, 15) is 5.11 Å². The van der Waals surface area contributed by atoms with Crippen molar-refractivity contribution in [1.29, 1.82) is 0 Å². The standard InChI is InChI=1S/C23H30N2O3/c26-19-15-27-22-11-5-1-7-17(22)13-24-20-9-3-4-10-21(20)25-14-18-8-2-6-12-23(18)28-16-19/h1-2,5-8,11-12,19-21,24-26H,3-4,9-10,13-16H2/t20-,21-/m1/s1. The summed E-state index contributed by atoms with van der Waals surface area (Å²) in [7, 11) is 0. The van der Waals surface area contributed by atoms with Crippen molar-refractivity contribution in [3.63, 3.8) is 0 Å². The lowest BCUT2D eigenvalue weighted by atomic mass is 9.90. The molecular formula is C23H30N2O3. The van der Waals surface area contributed by atoms with Gasteiger partial charge in [-0.25, -0.2) is 0 Å². The highest BCUT2D eigenvalue weighted by atomic mass is 16.5. The van der Waals surface area contributed by atoms with Gasteiger partial charge >= 0.3 is 0 Å². The summed E-state index contributed by atoms with van der Waals surface area (Å²) in [4.78, 5) is 0. The van der Waals surface area contributed by atoms with Crippen LogP contribution in [0.25, 0.3) is 0 Å². The van der Waals surface area contributed by atoms with Crippen LogP contribution in [0.2, 0.25) is 0 Å². The first-order chi connectivity index (χ1) is 13.8. The van der Waals surface area contributed by atoms with Gasteiger partial charge in [0.15, 0.2) is 0 Å². The molecule has 1 aliphatic carbocycles. The third-order valence-corrected chi connectivity index (χ3v) is 5.68. The van der Waals surface area contributed by atoms with Crippen molar-refractivity contribution in [2.45, 2.75) is 57.0 Å². The van der Waals surface area contributed by atoms with Gasteiger partial charge in [0.25, 0.3) is 0 Å². The first-order valence-corrected chi connectivity index (χ1v) is 10.4. The van der Waals surface area contributed by atoms with Crippen molar-refractivity contribution in [1.82, 2.24) is 10.6 Å². The highest BCUT2D eigenvalue weighted by Crippen LogP contribution is 2.24. The molecule has 2 aliphatic rings. The molecule has 3 N–H and O–H groups in total. The van der Waals surface area contributed by atoms with Crippen molar-refractivity contribution in [3.8, 4) is 11.5 Å². The minimum atomic E-state index is -0.685. The first kappa shape index (κ1) is 19.2. The normalized spacial score (nSPS) is 24.3. The zero-order valence-corrected chi connectivity index (χ0v) is 16.3. The van der Waals surface area contributed by atoms with E-state index in [0.29, 0.717) is 12.1 Å². The van der Waals surface area contributed by atoms with Crippen LogP contribution in [0.4, 0.5) is 0 Å². The molecule has 0 amide bonds. The summed E-state index contributed by atoms with van der Waals surface area (Å²) in [5, 5.41) is 17.8. The van der Waals surface area contributed by atoms with E-state index in [0.717, 1.165) is 35.7 Å². The Hall–Kier alpha value is -2.08. The third-order valence-electron chi connectivity index (χ3n) is 5.68. The Morgan fingerprint density at radius 3 is 1.68 bits per heavy atom. The molecule has 2 aromatic rings. The fraction of sp³-hybridized carbons (Fsp3) is 0.478. The first-order valence-electron chi connectivity index (χ1n) is 10.4. The molecule has 1 heterocycles. The second-order valence-corrected chi connectivity index (χ2v) is 7.75. The van der Waals surface area contributed by atoms with E-state index in [1.165, 1.54) is 25.7 Å². The maximum atomic E-state index is 10.3. The lowest BCUT2D eigenvalue weighted by Crippen LogP contribution is -2.49. The zero-order chi connectivity index (χ0) is 19.2. The van der Waals surface area contributed by atoms with Gasteiger partial charge in [-0.2, -0.15) is 0 Å². The summed E-state index contributed by atoms with van der Waals surface area (Å²) in [5.41, 5.74) is 2.25. The summed E-state index contributed by atoms with van der Waals surface area (Å²) in [6.07, 6.45) is 4.20. The number of aliphatic hydroxyl groups excluding tert-OH is 1. The van der Waals surface area contributed by atoms with Crippen LogP contribution in [0, 0.1) is 0 Å². The van der Waals surface area contributed by atoms with E-state index in [1.54, 1.807) is 0 Å². The lowest BCUT2D eigenvalue weighted by Gasteiger charge is -2.33. The van der Waals surface area contributed by atoms with Gasteiger partial charge in [0.05, 0.1) is 0 Å². The molecule has 0 aromatic heterocycles. The number of benzene rings is 2. The van der Waals surface area contributed by atoms with Crippen molar-refractivity contribution in [2.24, 2.45) is 0 Å². The summed E-state index contributed by atoms with van der Waals surface area (Å²) in [6.45, 7) is 1.96. The van der Waals surface area contributed by atoms with E-state index in [1.807, 2.05) is 36.4 Å². The minimum absolute atomic E-state index is 0.212. The van der Waals surface area contributed by atoms with Gasteiger partial charge in [-0.05, 0) is 25.0 Å². The molecule has 5 heteroatoms. The monoisotopic (exact) mass is 382 g/mol. The maximum absolute atomic E-state index is 10.3. The number of fused-ring (bicyclic) bond motifs is 3. The molecule has 5 nitrogen and oxygen atoms in total. The molecule has 1 fully saturated rings. The second kappa shape index (κ2) is 9.41. The predicted molar refractivity (Wildman–Crippen MR) is 110 cm³/mol. The smallest absolute Gasteiger partial charge is 0.123 e. The minimum Gasteiger partial charge on any atom is -0.490 e. The maximum Gasteiger partial charge on any atom is 0.123 e. The lowest BCUT2D eigenvalue weighted by molar-refractivity contribution is 0.0619. The largest absolute Gasteiger partial charge is 0.490 e. The van der Waals surface area contributed by atoms with Crippen LogP contribution in [0.1, 0.15) is 36.8 Å². The van der Waals surface area contributed by atoms with Crippen molar-refractivity contribution in [3.05, 3.63) is 59.7 Å². The quantitative estimate of drug-likeness (QED) is 0.654. The number of rotatable bonds is 0. The molecule has 150 valence electrons. The van der Waals surface area contributed by atoms with Crippen LogP contribution >= 0.6 is 0 Å².